The van der Waals surface area contributed by atoms with Crippen LogP contribution >= 0.6 is 15.9 Å². The number of benzene rings is 1. The number of hydrogen-bond donors (Lipinski definition) is 2. The molecule has 1 heterocycles. The van der Waals surface area contributed by atoms with Gasteiger partial charge in [0.25, 0.3) is 0 Å². The lowest BCUT2D eigenvalue weighted by Crippen LogP contribution is -2.28. The van der Waals surface area contributed by atoms with E-state index in [1.807, 2.05) is 30.3 Å². The molecule has 0 radical (unpaired) electrons. The minimum absolute atomic E-state index is 0.0797. The third-order valence-electron chi connectivity index (χ3n) is 2.95. The number of anilines is 1. The molecule has 0 unspecified atom stereocenters. The van der Waals surface area contributed by atoms with Crippen molar-refractivity contribution in [2.45, 2.75) is 6.54 Å². The van der Waals surface area contributed by atoms with Gasteiger partial charge >= 0.3 is 5.97 Å². The minimum atomic E-state index is -1.05. The average molecular weight is 351 g/mol. The second-order valence-corrected chi connectivity index (χ2v) is 5.38. The molecule has 0 fully saturated rings. The van der Waals surface area contributed by atoms with Crippen LogP contribution < -0.4 is 4.90 Å². The summed E-state index contributed by atoms with van der Waals surface area (Å²) in [7, 11) is 0. The van der Waals surface area contributed by atoms with Crippen molar-refractivity contribution in [2.24, 2.45) is 0 Å². The quantitative estimate of drug-likeness (QED) is 0.837. The lowest BCUT2D eigenvalue weighted by atomic mass is 10.2. The highest BCUT2D eigenvalue weighted by molar-refractivity contribution is 9.10. The zero-order chi connectivity index (χ0) is 15.2. The number of carbonyl (C=O) groups is 1. The van der Waals surface area contributed by atoms with E-state index >= 15 is 0 Å². The molecule has 0 aliphatic heterocycles. The number of aromatic carboxylic acids is 1. The van der Waals surface area contributed by atoms with E-state index in [-0.39, 0.29) is 12.2 Å². The predicted octanol–water partition coefficient (Wildman–Crippen LogP) is 2.54. The summed E-state index contributed by atoms with van der Waals surface area (Å²) in [5.41, 5.74) is 1.13. The molecule has 0 saturated carbocycles. The van der Waals surface area contributed by atoms with Gasteiger partial charge in [-0.05, 0) is 27.6 Å². The van der Waals surface area contributed by atoms with Gasteiger partial charge in [-0.1, -0.05) is 30.3 Å². The van der Waals surface area contributed by atoms with E-state index in [0.29, 0.717) is 23.4 Å². The third kappa shape index (κ3) is 4.03. The number of aliphatic hydroxyl groups excluding tert-OH is 1. The van der Waals surface area contributed by atoms with Crippen molar-refractivity contribution >= 4 is 27.7 Å². The van der Waals surface area contributed by atoms with Crippen LogP contribution in [0.2, 0.25) is 0 Å². The predicted molar refractivity (Wildman–Crippen MR) is 83.5 cm³/mol. The van der Waals surface area contributed by atoms with Crippen molar-refractivity contribution in [1.29, 1.82) is 0 Å². The second kappa shape index (κ2) is 7.19. The van der Waals surface area contributed by atoms with Crippen LogP contribution in [0.4, 0.5) is 5.82 Å². The fourth-order valence-corrected chi connectivity index (χ4v) is 2.36. The normalized spacial score (nSPS) is 10.4. The van der Waals surface area contributed by atoms with Gasteiger partial charge in [0.05, 0.1) is 6.61 Å². The van der Waals surface area contributed by atoms with Crippen LogP contribution in [0, 0.1) is 0 Å². The number of hydrogen-bond acceptors (Lipinski definition) is 4. The Labute approximate surface area is 131 Å². The molecule has 110 valence electrons. The second-order valence-electron chi connectivity index (χ2n) is 4.46. The zero-order valence-corrected chi connectivity index (χ0v) is 12.8. The first-order valence-corrected chi connectivity index (χ1v) is 7.19. The van der Waals surface area contributed by atoms with Crippen molar-refractivity contribution in [2.75, 3.05) is 18.1 Å². The number of rotatable bonds is 6. The number of nitrogens with zero attached hydrogens (tertiary/aromatic N) is 2. The lowest BCUT2D eigenvalue weighted by Gasteiger charge is -2.24. The minimum Gasteiger partial charge on any atom is -0.478 e. The van der Waals surface area contributed by atoms with Gasteiger partial charge in [-0.15, -0.1) is 0 Å². The first kappa shape index (κ1) is 15.5. The van der Waals surface area contributed by atoms with Gasteiger partial charge in [-0.3, -0.25) is 0 Å². The van der Waals surface area contributed by atoms with E-state index < -0.39 is 5.97 Å². The number of aromatic nitrogens is 1. The molecule has 0 aliphatic carbocycles. The summed E-state index contributed by atoms with van der Waals surface area (Å²) in [6.07, 6.45) is 1.55. The average Bonchev–Trinajstić information content (AvgIpc) is 2.48. The summed E-state index contributed by atoms with van der Waals surface area (Å²) in [5, 5.41) is 18.6. The molecular formula is C15H15BrN2O3. The Morgan fingerprint density at radius 3 is 2.62 bits per heavy atom. The van der Waals surface area contributed by atoms with Gasteiger partial charge in [0.2, 0.25) is 0 Å². The van der Waals surface area contributed by atoms with Gasteiger partial charge in [-0.25, -0.2) is 9.78 Å². The van der Waals surface area contributed by atoms with Gasteiger partial charge in [0.15, 0.2) is 0 Å². The van der Waals surface area contributed by atoms with E-state index in [4.69, 9.17) is 0 Å². The van der Waals surface area contributed by atoms with Crippen molar-refractivity contribution in [3.8, 4) is 0 Å². The molecule has 0 atom stereocenters. The van der Waals surface area contributed by atoms with Gasteiger partial charge < -0.3 is 15.1 Å². The summed E-state index contributed by atoms with van der Waals surface area (Å²) in [4.78, 5) is 17.3. The molecule has 21 heavy (non-hydrogen) atoms. The van der Waals surface area contributed by atoms with E-state index in [1.54, 1.807) is 11.1 Å². The molecule has 1 aromatic heterocycles. The molecule has 1 aromatic carbocycles. The van der Waals surface area contributed by atoms with Crippen LogP contribution in [0.15, 0.2) is 47.1 Å². The molecule has 0 aliphatic rings. The molecule has 6 heteroatoms. The first-order chi connectivity index (χ1) is 10.1. The number of carboxylic acid groups (broad SMARTS) is 1. The number of halogens is 1. The molecule has 2 aromatic rings. The maximum atomic E-state index is 11.4. The smallest absolute Gasteiger partial charge is 0.339 e. The van der Waals surface area contributed by atoms with Gasteiger partial charge in [0.1, 0.15) is 11.4 Å². The van der Waals surface area contributed by atoms with Crippen molar-refractivity contribution < 1.29 is 15.0 Å². The Balaban J connectivity index is 2.36. The Morgan fingerprint density at radius 2 is 2.00 bits per heavy atom. The highest BCUT2D eigenvalue weighted by Gasteiger charge is 2.18. The fourth-order valence-electron chi connectivity index (χ4n) is 2.03. The van der Waals surface area contributed by atoms with Crippen LogP contribution in [0.25, 0.3) is 0 Å². The van der Waals surface area contributed by atoms with Crippen LogP contribution in [-0.4, -0.2) is 34.3 Å². The molecule has 5 nitrogen and oxygen atoms in total. The summed E-state index contributed by atoms with van der Waals surface area (Å²) in [6, 6.07) is 11.2. The van der Waals surface area contributed by atoms with Crippen molar-refractivity contribution in [3.05, 3.63) is 58.2 Å². The Hall–Kier alpha value is -1.92. The number of aliphatic hydroxyl groups is 1. The topological polar surface area (TPSA) is 73.7 Å². The SMILES string of the molecule is O=C(O)c1cc(Br)cnc1N(CCO)Cc1ccccc1. The molecule has 0 bridgehead atoms. The Kier molecular flexibility index (Phi) is 5.30. The van der Waals surface area contributed by atoms with Crippen molar-refractivity contribution in [1.82, 2.24) is 4.98 Å². The number of carboxylic acids is 1. The fraction of sp³-hybridized carbons (Fsp3) is 0.200. The summed E-state index contributed by atoms with van der Waals surface area (Å²) in [5.74, 6) is -0.696. The highest BCUT2D eigenvalue weighted by Crippen LogP contribution is 2.23. The van der Waals surface area contributed by atoms with Crippen LogP contribution in [-0.2, 0) is 6.54 Å². The van der Waals surface area contributed by atoms with E-state index in [9.17, 15) is 15.0 Å². The molecule has 0 amide bonds. The maximum absolute atomic E-state index is 11.4. The Morgan fingerprint density at radius 1 is 1.29 bits per heavy atom. The monoisotopic (exact) mass is 350 g/mol. The molecule has 2 rings (SSSR count). The molecule has 0 saturated heterocycles. The van der Waals surface area contributed by atoms with Crippen molar-refractivity contribution in [3.63, 3.8) is 0 Å². The third-order valence-corrected chi connectivity index (χ3v) is 3.38. The molecule has 0 spiro atoms. The maximum Gasteiger partial charge on any atom is 0.339 e. The Bertz CT molecular complexity index is 620. The summed E-state index contributed by atoms with van der Waals surface area (Å²) in [6.45, 7) is 0.712. The lowest BCUT2D eigenvalue weighted by molar-refractivity contribution is 0.0697. The van der Waals surface area contributed by atoms with Crippen LogP contribution in [0.1, 0.15) is 15.9 Å². The largest absolute Gasteiger partial charge is 0.478 e. The zero-order valence-electron chi connectivity index (χ0n) is 11.2. The van der Waals surface area contributed by atoms with Gasteiger partial charge in [-0.2, -0.15) is 0 Å². The van der Waals surface area contributed by atoms with E-state index in [0.717, 1.165) is 5.56 Å². The number of pyridine rings is 1. The highest BCUT2D eigenvalue weighted by atomic mass is 79.9. The summed E-state index contributed by atoms with van der Waals surface area (Å²) >= 11 is 3.23. The van der Waals surface area contributed by atoms with Crippen LogP contribution in [0.3, 0.4) is 0 Å². The first-order valence-electron chi connectivity index (χ1n) is 6.40. The van der Waals surface area contributed by atoms with Crippen LogP contribution in [0.5, 0.6) is 0 Å². The standard InChI is InChI=1S/C15H15BrN2O3/c16-12-8-13(15(20)21)14(17-9-12)18(6-7-19)10-11-4-2-1-3-5-11/h1-5,8-9,19H,6-7,10H2,(H,20,21). The molecular weight excluding hydrogens is 336 g/mol. The van der Waals surface area contributed by atoms with Gasteiger partial charge in [0, 0.05) is 23.8 Å². The molecule has 2 N–H and O–H groups in total. The van der Waals surface area contributed by atoms with E-state index in [2.05, 4.69) is 20.9 Å². The van der Waals surface area contributed by atoms with E-state index in [1.165, 1.54) is 6.07 Å². The summed E-state index contributed by atoms with van der Waals surface area (Å²) < 4.78 is 0.604.